The number of nitrogens with one attached hydrogen (secondary N) is 1. The van der Waals surface area contributed by atoms with Crippen LogP contribution in [0.25, 0.3) is 0 Å². The lowest BCUT2D eigenvalue weighted by atomic mass is 9.88. The van der Waals surface area contributed by atoms with E-state index in [2.05, 4.69) is 29.5 Å². The molecule has 16 N–H and O–H groups in total. The summed E-state index contributed by atoms with van der Waals surface area (Å²) < 4.78 is 64.3. The quantitative estimate of drug-likeness (QED) is 0.0110. The van der Waals surface area contributed by atoms with E-state index < -0.39 is 126 Å². The third kappa shape index (κ3) is 41.2. The van der Waals surface area contributed by atoms with Crippen LogP contribution in [-0.2, 0) is 46.4 Å². The molecule has 0 saturated carbocycles. The number of carbonyl (C=O) groups excluding carboxylic acids is 2. The van der Waals surface area contributed by atoms with Crippen LogP contribution >= 0.6 is 11.3 Å². The third-order valence-electron chi connectivity index (χ3n) is 21.3. The Kier molecular flexibility index (Phi) is 46.6. The normalized spacial score (nSPS) is 29.7. The molecule has 0 spiro atoms. The van der Waals surface area contributed by atoms with Gasteiger partial charge in [0.15, 0.2) is 11.6 Å². The molecule has 2 aliphatic heterocycles. The molecule has 1 amide bonds. The zero-order chi connectivity index (χ0) is 79.2. The number of cyclic esters (lactones) is 1. The Morgan fingerprint density at radius 3 is 1.87 bits per heavy atom. The van der Waals surface area contributed by atoms with Crippen LogP contribution < -0.4 is 11.1 Å². The van der Waals surface area contributed by atoms with Gasteiger partial charge in [-0.2, -0.15) is 8.42 Å². The van der Waals surface area contributed by atoms with E-state index in [1.165, 1.54) is 52.0 Å². The summed E-state index contributed by atoms with van der Waals surface area (Å²) in [6, 6.07) is -1.21. The molecule has 0 aromatic carbocycles. The smallest absolute Gasteiger partial charge is 0.397 e. The average Bonchev–Trinajstić information content (AvgIpc) is 1.73. The van der Waals surface area contributed by atoms with Gasteiger partial charge in [0.1, 0.15) is 24.6 Å². The van der Waals surface area contributed by atoms with Crippen molar-refractivity contribution in [3.05, 3.63) is 57.7 Å². The second-order valence-corrected chi connectivity index (χ2v) is 33.8. The van der Waals surface area contributed by atoms with E-state index in [4.69, 9.17) is 33.5 Å². The van der Waals surface area contributed by atoms with Crippen LogP contribution in [0.1, 0.15) is 300 Å². The number of esters is 1. The fourth-order valence-electron chi connectivity index (χ4n) is 14.6. The highest BCUT2D eigenvalue weighted by atomic mass is 32.3. The number of ether oxygens (including phenoxy) is 3. The first kappa shape index (κ1) is 95.9. The Hall–Kier alpha value is -3.47. The van der Waals surface area contributed by atoms with Crippen LogP contribution in [0.2, 0.25) is 0 Å². The Labute approximate surface area is 642 Å². The number of aliphatic hydroxyl groups excluding tert-OH is 12. The van der Waals surface area contributed by atoms with E-state index in [9.17, 15) is 83.8 Å². The summed E-state index contributed by atoms with van der Waals surface area (Å²) in [5, 5.41) is 137. The highest BCUT2D eigenvalue weighted by Gasteiger charge is 2.40. The molecule has 28 heteroatoms. The van der Waals surface area contributed by atoms with Gasteiger partial charge in [-0.15, -0.1) is 11.3 Å². The van der Waals surface area contributed by atoms with E-state index in [1.807, 2.05) is 19.1 Å². The van der Waals surface area contributed by atoms with Gasteiger partial charge in [0, 0.05) is 42.9 Å². The minimum Gasteiger partial charge on any atom is -0.456 e. The molecule has 4 heterocycles. The lowest BCUT2D eigenvalue weighted by molar-refractivity contribution is -0.120. The van der Waals surface area contributed by atoms with Crippen LogP contribution in [0.15, 0.2) is 39.9 Å². The van der Waals surface area contributed by atoms with Crippen molar-refractivity contribution in [2.24, 2.45) is 29.4 Å². The number of aromatic nitrogens is 2. The van der Waals surface area contributed by atoms with Crippen LogP contribution in [0, 0.1) is 23.7 Å². The molecule has 23 atom stereocenters. The molecule has 2 aromatic rings. The number of rotatable bonds is 31. The predicted octanol–water partition coefficient (Wildman–Crippen LogP) is 9.59. The SMILES string of the molecule is COC1C=C[C@@H](C)CC[C@@H](O)C[C@@H](O)CCC[C@@H](O)CCCCC(C)C(OS(=O)(=O)O)C(NC(=O)/C(C)=C\[C@H](C)[C@@H](O)C[C@H](O)C[C@@H](O)CCC[C@@H](O)C[C@H](O)C[C@H](O)C[C@@H]2O[C@H](c3csc(CCCCCCCCC(C)N)n3)CC[C@@H]2C)C(C)OC(=O)c2coc(n2)CCC[C@H](O)C[C@H](O)CCC[C@H](O)C1. The number of allylic oxidation sites excluding steroid dienone is 1. The van der Waals surface area contributed by atoms with E-state index in [1.54, 1.807) is 32.3 Å². The first-order valence-electron chi connectivity index (χ1n) is 40.2. The maximum absolute atomic E-state index is 14.2. The summed E-state index contributed by atoms with van der Waals surface area (Å²) in [5.74, 6) is -2.94. The number of fused-ring (bicyclic) bond motifs is 2. The number of hydrogen-bond acceptors (Lipinski definition) is 25. The fourth-order valence-corrected chi connectivity index (χ4v) is 16.1. The minimum absolute atomic E-state index is 0.0190. The Morgan fingerprint density at radius 2 is 1.23 bits per heavy atom. The maximum atomic E-state index is 14.2. The number of aliphatic hydroxyl groups is 12. The highest BCUT2D eigenvalue weighted by Crippen LogP contribution is 2.38. The number of oxazole rings is 1. The fraction of sp³-hybridized carbons (Fsp3) is 0.848. The molecule has 107 heavy (non-hydrogen) atoms. The van der Waals surface area contributed by atoms with E-state index in [-0.39, 0.29) is 124 Å². The summed E-state index contributed by atoms with van der Waals surface area (Å²) in [5.41, 5.74) is 6.57. The van der Waals surface area contributed by atoms with E-state index in [0.29, 0.717) is 96.3 Å². The summed E-state index contributed by atoms with van der Waals surface area (Å²) in [6.07, 6.45) is 10.1. The molecule has 2 bridgehead atoms. The molecule has 4 rings (SSSR count). The molecule has 0 radical (unpaired) electrons. The molecule has 6 unspecified atom stereocenters. The first-order chi connectivity index (χ1) is 50.7. The van der Waals surface area contributed by atoms with Crippen molar-refractivity contribution in [3.63, 3.8) is 0 Å². The van der Waals surface area contributed by atoms with Gasteiger partial charge in [0.2, 0.25) is 5.91 Å². The van der Waals surface area contributed by atoms with E-state index in [0.717, 1.165) is 49.1 Å². The second-order valence-electron chi connectivity index (χ2n) is 31.8. The summed E-state index contributed by atoms with van der Waals surface area (Å²) >= 11 is 1.67. The number of aryl methyl sites for hydroxylation is 2. The number of nitrogens with zero attached hydrogens (tertiary/aromatic N) is 2. The number of nitrogens with two attached hydrogens (primary N) is 1. The predicted molar refractivity (Wildman–Crippen MR) is 410 cm³/mol. The van der Waals surface area contributed by atoms with Gasteiger partial charge in [0.05, 0.1) is 102 Å². The monoisotopic (exact) mass is 1560 g/mol. The molecule has 26 nitrogen and oxygen atoms in total. The third-order valence-corrected chi connectivity index (χ3v) is 22.7. The number of carbonyl (C=O) groups is 2. The van der Waals surface area contributed by atoms with Crippen molar-refractivity contribution in [1.82, 2.24) is 15.3 Å². The second kappa shape index (κ2) is 52.0. The van der Waals surface area contributed by atoms with Gasteiger partial charge in [-0.1, -0.05) is 90.9 Å². The maximum Gasteiger partial charge on any atom is 0.397 e. The van der Waals surface area contributed by atoms with Crippen molar-refractivity contribution in [2.45, 2.75) is 395 Å². The van der Waals surface area contributed by atoms with Crippen LogP contribution in [-0.4, -0.2) is 213 Å². The molecule has 2 aromatic heterocycles. The average molecular weight is 1560 g/mol. The number of methoxy groups -OCH3 is 1. The molecular formula is C79H140N4O22S2. The lowest BCUT2D eigenvalue weighted by Crippen LogP contribution is -2.55. The summed E-state index contributed by atoms with van der Waals surface area (Å²) in [7, 11) is -3.68. The highest BCUT2D eigenvalue weighted by molar-refractivity contribution is 7.80. The standard InChI is InChI=1S/C79H140N4O22S2/c1-50-33-36-64(91)41-59(86)25-17-24-57(84)23-16-15-21-52(3)77(105-107(98,99)100)76(56(7)103-79(97)69-48-102-74(81-69)31-20-30-60(87)40-58(85)26-19-29-63(90)45-68(101-8)37-34-50)83-78(96)54(5)39-53(4)71(95)46-66(93)43-62(89)28-18-27-61(88)42-65(92)44-67(94)47-73-51(2)35-38-72(104-73)70-49-106-75(82-70)32-14-12-10-9-11-13-22-55(6)80/h34,37,39,48-53,55-68,71-73,76-77,84-95H,9-33,35-36,38,40-47,80H2,1-8H3,(H,83,96)(H,98,99,100)/b37-34?,54-39-/t50-,51-,52?,53-,55?,56?,57-,58+,59-,60-,61+,62-,63-,64+,65-,66+,67-,68?,71-,72-,73-,76?,77?/m0/s1. The van der Waals surface area contributed by atoms with E-state index >= 15 is 0 Å². The van der Waals surface area contributed by atoms with Crippen LogP contribution in [0.3, 0.4) is 0 Å². The summed E-state index contributed by atoms with van der Waals surface area (Å²) in [6.45, 7) is 12.2. The minimum atomic E-state index is -5.24. The number of hydrogen-bond donors (Lipinski definition) is 15. The Bertz CT molecular complexity index is 2890. The number of amides is 1. The van der Waals surface area contributed by atoms with Crippen molar-refractivity contribution < 1.29 is 107 Å². The largest absolute Gasteiger partial charge is 0.456 e. The van der Waals surface area contributed by atoms with Crippen LogP contribution in [0.4, 0.5) is 0 Å². The molecule has 0 aliphatic carbocycles. The Balaban J connectivity index is 1.32. The molecule has 2 aliphatic rings. The van der Waals surface area contributed by atoms with Crippen molar-refractivity contribution >= 4 is 33.6 Å². The van der Waals surface area contributed by atoms with Crippen molar-refractivity contribution in [3.8, 4) is 0 Å². The molecule has 1 fully saturated rings. The van der Waals surface area contributed by atoms with Gasteiger partial charge in [0.25, 0.3) is 0 Å². The molecule has 1 saturated heterocycles. The van der Waals surface area contributed by atoms with Gasteiger partial charge >= 0.3 is 16.4 Å². The van der Waals surface area contributed by atoms with Crippen molar-refractivity contribution in [2.75, 3.05) is 7.11 Å². The molecular weight excluding hydrogens is 1420 g/mol. The summed E-state index contributed by atoms with van der Waals surface area (Å²) in [4.78, 5) is 37.2. The number of thiazole rings is 1. The lowest BCUT2D eigenvalue weighted by Gasteiger charge is -2.35. The number of unbranched alkanes of at least 4 members (excludes halogenated alkanes) is 5. The zero-order valence-corrected chi connectivity index (χ0v) is 67.0. The van der Waals surface area contributed by atoms with Gasteiger partial charge in [-0.25, -0.2) is 18.9 Å². The van der Waals surface area contributed by atoms with Crippen LogP contribution in [0.5, 0.6) is 0 Å². The van der Waals surface area contributed by atoms with Gasteiger partial charge < -0.3 is 91.0 Å². The van der Waals surface area contributed by atoms with Gasteiger partial charge in [-0.05, 0) is 212 Å². The first-order valence-corrected chi connectivity index (χ1v) is 42.4. The molecule has 620 valence electrons. The topological polar surface area (TPSA) is 445 Å². The van der Waals surface area contributed by atoms with Crippen molar-refractivity contribution in [1.29, 1.82) is 0 Å². The van der Waals surface area contributed by atoms with Gasteiger partial charge in [-0.3, -0.25) is 9.35 Å². The Morgan fingerprint density at radius 1 is 0.664 bits per heavy atom. The zero-order valence-electron chi connectivity index (χ0n) is 65.4.